The third-order valence-corrected chi connectivity index (χ3v) is 5.70. The second-order valence-electron chi connectivity index (χ2n) is 6.52. The molecule has 1 N–H and O–H groups in total. The van der Waals surface area contributed by atoms with Crippen molar-refractivity contribution in [3.8, 4) is 0 Å². The Kier molecular flexibility index (Phi) is 5.71. The Hall–Kier alpha value is -1.63. The van der Waals surface area contributed by atoms with E-state index in [0.717, 1.165) is 23.4 Å². The van der Waals surface area contributed by atoms with Gasteiger partial charge in [-0.05, 0) is 25.7 Å². The molecule has 7 heteroatoms. The summed E-state index contributed by atoms with van der Waals surface area (Å²) in [6.45, 7) is 3.32. The molecule has 132 valence electrons. The normalized spacial score (nSPS) is 18.1. The van der Waals surface area contributed by atoms with Crippen LogP contribution >= 0.6 is 11.3 Å². The zero-order chi connectivity index (χ0) is 16.9. The summed E-state index contributed by atoms with van der Waals surface area (Å²) in [5, 5.41) is 3.61. The van der Waals surface area contributed by atoms with Crippen LogP contribution in [0.5, 0.6) is 0 Å². The average Bonchev–Trinajstić information content (AvgIpc) is 2.97. The van der Waals surface area contributed by atoms with E-state index in [1.165, 1.54) is 30.6 Å². The van der Waals surface area contributed by atoms with Gasteiger partial charge in [0.2, 0.25) is 5.91 Å². The minimum Gasteiger partial charge on any atom is -0.450 e. The lowest BCUT2D eigenvalue weighted by molar-refractivity contribution is -0.117. The molecular weight excluding hydrogens is 326 g/mol. The minimum atomic E-state index is -0.278. The topological polar surface area (TPSA) is 71.5 Å². The van der Waals surface area contributed by atoms with Crippen LogP contribution in [0, 0.1) is 5.92 Å². The van der Waals surface area contributed by atoms with Crippen LogP contribution in [0.25, 0.3) is 0 Å². The number of anilines is 1. The van der Waals surface area contributed by atoms with Crippen molar-refractivity contribution in [1.82, 2.24) is 9.88 Å². The lowest BCUT2D eigenvalue weighted by Gasteiger charge is -2.24. The quantitative estimate of drug-likeness (QED) is 0.900. The van der Waals surface area contributed by atoms with Crippen molar-refractivity contribution >= 4 is 28.5 Å². The first-order chi connectivity index (χ1) is 11.7. The number of fused-ring (bicyclic) bond motifs is 1. The van der Waals surface area contributed by atoms with E-state index in [1.807, 2.05) is 0 Å². The zero-order valence-corrected chi connectivity index (χ0v) is 15.0. The molecule has 0 unspecified atom stereocenters. The Balaban J connectivity index is 1.55. The second kappa shape index (κ2) is 7.96. The van der Waals surface area contributed by atoms with Gasteiger partial charge < -0.3 is 15.0 Å². The summed E-state index contributed by atoms with van der Waals surface area (Å²) >= 11 is 1.47. The Labute approximate surface area is 146 Å². The van der Waals surface area contributed by atoms with Gasteiger partial charge in [0.05, 0.1) is 18.8 Å². The van der Waals surface area contributed by atoms with Crippen molar-refractivity contribution in [2.75, 3.05) is 18.5 Å². The predicted molar refractivity (Wildman–Crippen MR) is 93.1 cm³/mol. The summed E-state index contributed by atoms with van der Waals surface area (Å²) in [7, 11) is 0. The molecule has 0 atom stereocenters. The van der Waals surface area contributed by atoms with E-state index in [0.29, 0.717) is 43.6 Å². The van der Waals surface area contributed by atoms with Gasteiger partial charge in [-0.25, -0.2) is 9.78 Å². The first-order valence-electron chi connectivity index (χ1n) is 8.86. The van der Waals surface area contributed by atoms with Gasteiger partial charge in [0.1, 0.15) is 0 Å². The van der Waals surface area contributed by atoms with Crippen molar-refractivity contribution in [1.29, 1.82) is 0 Å². The largest absolute Gasteiger partial charge is 0.450 e. The summed E-state index contributed by atoms with van der Waals surface area (Å²) in [6, 6.07) is 0. The number of nitrogens with one attached hydrogen (secondary N) is 1. The number of rotatable bonds is 4. The van der Waals surface area contributed by atoms with Crippen LogP contribution in [0.1, 0.15) is 56.0 Å². The summed E-state index contributed by atoms with van der Waals surface area (Å²) in [5.74, 6) is 0.586. The predicted octanol–water partition coefficient (Wildman–Crippen LogP) is 3.57. The van der Waals surface area contributed by atoms with E-state index in [9.17, 15) is 9.59 Å². The van der Waals surface area contributed by atoms with Crippen molar-refractivity contribution in [3.05, 3.63) is 10.6 Å². The van der Waals surface area contributed by atoms with Gasteiger partial charge in [0, 0.05) is 24.3 Å². The molecule has 1 aromatic rings. The molecule has 1 aromatic heterocycles. The highest BCUT2D eigenvalue weighted by atomic mass is 32.1. The number of ether oxygens (including phenoxy) is 1. The first-order valence-corrected chi connectivity index (χ1v) is 9.67. The van der Waals surface area contributed by atoms with Crippen molar-refractivity contribution < 1.29 is 14.3 Å². The van der Waals surface area contributed by atoms with Gasteiger partial charge in [-0.3, -0.25) is 4.79 Å². The first kappa shape index (κ1) is 17.2. The third kappa shape index (κ3) is 4.26. The smallest absolute Gasteiger partial charge is 0.410 e. The number of hydrogen-bond acceptors (Lipinski definition) is 5. The number of thiazole rings is 1. The van der Waals surface area contributed by atoms with Gasteiger partial charge in [0.15, 0.2) is 5.13 Å². The Bertz CT molecular complexity index is 596. The van der Waals surface area contributed by atoms with Crippen molar-refractivity contribution in [2.24, 2.45) is 5.92 Å². The van der Waals surface area contributed by atoms with Crippen LogP contribution in [-0.4, -0.2) is 35.0 Å². The molecule has 1 aliphatic carbocycles. The zero-order valence-electron chi connectivity index (χ0n) is 14.2. The van der Waals surface area contributed by atoms with E-state index >= 15 is 0 Å². The monoisotopic (exact) mass is 351 g/mol. The van der Waals surface area contributed by atoms with Crippen LogP contribution < -0.4 is 5.32 Å². The lowest BCUT2D eigenvalue weighted by atomic mass is 9.87. The highest BCUT2D eigenvalue weighted by molar-refractivity contribution is 7.15. The number of amides is 2. The van der Waals surface area contributed by atoms with E-state index in [2.05, 4.69) is 10.3 Å². The summed E-state index contributed by atoms with van der Waals surface area (Å²) in [5.41, 5.74) is 0.994. The molecular formula is C17H25N3O3S. The Morgan fingerprint density at radius 3 is 2.88 bits per heavy atom. The molecule has 0 bridgehead atoms. The van der Waals surface area contributed by atoms with Gasteiger partial charge in [-0.1, -0.05) is 30.6 Å². The summed E-state index contributed by atoms with van der Waals surface area (Å²) < 4.78 is 5.05. The van der Waals surface area contributed by atoms with Crippen LogP contribution in [-0.2, 0) is 22.5 Å². The maximum absolute atomic E-state index is 12.2. The Morgan fingerprint density at radius 2 is 2.12 bits per heavy atom. The van der Waals surface area contributed by atoms with Crippen molar-refractivity contribution in [3.63, 3.8) is 0 Å². The van der Waals surface area contributed by atoms with Gasteiger partial charge in [0.25, 0.3) is 0 Å². The van der Waals surface area contributed by atoms with Gasteiger partial charge in [-0.15, -0.1) is 0 Å². The number of nitrogens with zero attached hydrogens (tertiary/aromatic N) is 2. The van der Waals surface area contributed by atoms with E-state index < -0.39 is 0 Å². The molecule has 24 heavy (non-hydrogen) atoms. The number of carbonyl (C=O) groups excluding carboxylic acids is 2. The van der Waals surface area contributed by atoms with Crippen LogP contribution in [0.3, 0.4) is 0 Å². The van der Waals surface area contributed by atoms with E-state index in [-0.39, 0.29) is 12.0 Å². The van der Waals surface area contributed by atoms with Gasteiger partial charge >= 0.3 is 6.09 Å². The van der Waals surface area contributed by atoms with Gasteiger partial charge in [-0.2, -0.15) is 0 Å². The number of carbonyl (C=O) groups is 2. The summed E-state index contributed by atoms with van der Waals surface area (Å²) in [6.07, 6.45) is 7.14. The standard InChI is InChI=1S/C17H25N3O3S/c1-2-23-17(22)20-9-8-13-14(11-20)24-16(18-13)19-15(21)10-12-6-4-3-5-7-12/h12H,2-11H2,1H3,(H,18,19,21). The fourth-order valence-electron chi connectivity index (χ4n) is 3.44. The molecule has 1 fully saturated rings. The molecule has 6 nitrogen and oxygen atoms in total. The average molecular weight is 351 g/mol. The fourth-order valence-corrected chi connectivity index (χ4v) is 4.48. The minimum absolute atomic E-state index is 0.0650. The highest BCUT2D eigenvalue weighted by Crippen LogP contribution is 2.30. The van der Waals surface area contributed by atoms with Crippen molar-refractivity contribution in [2.45, 2.75) is 58.4 Å². The molecule has 2 aliphatic rings. The number of hydrogen-bond donors (Lipinski definition) is 1. The maximum Gasteiger partial charge on any atom is 0.410 e. The second-order valence-corrected chi connectivity index (χ2v) is 7.60. The number of aromatic nitrogens is 1. The molecule has 1 saturated carbocycles. The van der Waals surface area contributed by atoms with E-state index in [1.54, 1.807) is 11.8 Å². The molecule has 0 aromatic carbocycles. The van der Waals surface area contributed by atoms with Crippen LogP contribution in [0.2, 0.25) is 0 Å². The molecule has 0 spiro atoms. The molecule has 0 saturated heterocycles. The third-order valence-electron chi connectivity index (χ3n) is 4.70. The van der Waals surface area contributed by atoms with Crippen LogP contribution in [0.15, 0.2) is 0 Å². The Morgan fingerprint density at radius 1 is 1.33 bits per heavy atom. The molecule has 2 heterocycles. The SMILES string of the molecule is CCOC(=O)N1CCc2nc(NC(=O)CC3CCCCC3)sc2C1. The van der Waals surface area contributed by atoms with Crippen LogP contribution in [0.4, 0.5) is 9.93 Å². The molecule has 3 rings (SSSR count). The molecule has 1 aliphatic heterocycles. The molecule has 2 amide bonds. The summed E-state index contributed by atoms with van der Waals surface area (Å²) in [4.78, 5) is 31.3. The maximum atomic E-state index is 12.2. The lowest BCUT2D eigenvalue weighted by Crippen LogP contribution is -2.35. The highest BCUT2D eigenvalue weighted by Gasteiger charge is 2.25. The van der Waals surface area contributed by atoms with E-state index in [4.69, 9.17) is 4.74 Å². The molecule has 0 radical (unpaired) electrons. The fraction of sp³-hybridized carbons (Fsp3) is 0.706.